The number of hydrogen-bond donors (Lipinski definition) is 3. The third-order valence-corrected chi connectivity index (χ3v) is 6.06. The van der Waals surface area contributed by atoms with E-state index >= 15 is 0 Å². The van der Waals surface area contributed by atoms with Crippen LogP contribution in [0.3, 0.4) is 0 Å². The van der Waals surface area contributed by atoms with Crippen LogP contribution in [-0.4, -0.2) is 56.8 Å². The van der Waals surface area contributed by atoms with Gasteiger partial charge in [0.1, 0.15) is 0 Å². The van der Waals surface area contributed by atoms with Gasteiger partial charge in [0.25, 0.3) is 0 Å². The number of carbonyl (C=O) groups is 2. The first-order valence-electron chi connectivity index (χ1n) is 8.55. The van der Waals surface area contributed by atoms with Crippen LogP contribution in [0, 0.1) is 0 Å². The molecule has 0 saturated carbocycles. The predicted octanol–water partition coefficient (Wildman–Crippen LogP) is 0.522. The topological polar surface area (TPSA) is 108 Å². The Morgan fingerprint density at radius 3 is 2.50 bits per heavy atom. The molecule has 1 aliphatic heterocycles. The summed E-state index contributed by atoms with van der Waals surface area (Å²) in [5.41, 5.74) is 0.511. The Hall–Kier alpha value is -1.97. The van der Waals surface area contributed by atoms with Crippen LogP contribution in [0.2, 0.25) is 0 Å². The number of nitrogens with one attached hydrogen (secondary N) is 3. The van der Waals surface area contributed by atoms with E-state index in [2.05, 4.69) is 22.9 Å². The molecule has 144 valence electrons. The summed E-state index contributed by atoms with van der Waals surface area (Å²) in [6.07, 6.45) is 1.66. The molecule has 9 heteroatoms. The van der Waals surface area contributed by atoms with Gasteiger partial charge < -0.3 is 16.0 Å². The van der Waals surface area contributed by atoms with Crippen molar-refractivity contribution in [3.05, 3.63) is 24.3 Å². The van der Waals surface area contributed by atoms with E-state index in [0.29, 0.717) is 11.7 Å². The maximum atomic E-state index is 12.6. The van der Waals surface area contributed by atoms with Gasteiger partial charge in [0.2, 0.25) is 21.8 Å². The molecule has 3 N–H and O–H groups in total. The van der Waals surface area contributed by atoms with Gasteiger partial charge in [0, 0.05) is 31.7 Å². The molecule has 0 bridgehead atoms. The summed E-state index contributed by atoms with van der Waals surface area (Å²) in [5, 5.41) is 8.78. The van der Waals surface area contributed by atoms with Crippen molar-refractivity contribution in [3.63, 3.8) is 0 Å². The van der Waals surface area contributed by atoms with Gasteiger partial charge in [0.15, 0.2) is 0 Å². The van der Waals surface area contributed by atoms with E-state index in [-0.39, 0.29) is 29.3 Å². The van der Waals surface area contributed by atoms with Crippen molar-refractivity contribution < 1.29 is 18.0 Å². The smallest absolute Gasteiger partial charge is 0.243 e. The fraction of sp³-hybridized carbons (Fsp3) is 0.529. The number of carbonyl (C=O) groups excluding carboxylic acids is 2. The molecule has 26 heavy (non-hydrogen) atoms. The van der Waals surface area contributed by atoms with E-state index in [1.165, 1.54) is 38.2 Å². The molecule has 0 aliphatic carbocycles. The van der Waals surface area contributed by atoms with Crippen molar-refractivity contribution in [2.45, 2.75) is 43.7 Å². The molecule has 1 heterocycles. The van der Waals surface area contributed by atoms with Crippen molar-refractivity contribution in [1.29, 1.82) is 0 Å². The zero-order chi connectivity index (χ0) is 19.3. The lowest BCUT2D eigenvalue weighted by molar-refractivity contribution is -0.122. The molecule has 0 aromatic heterocycles. The first kappa shape index (κ1) is 20.3. The lowest BCUT2D eigenvalue weighted by atomic mass is 10.0. The average Bonchev–Trinajstić information content (AvgIpc) is 2.54. The Morgan fingerprint density at radius 1 is 1.27 bits per heavy atom. The zero-order valence-corrected chi connectivity index (χ0v) is 16.1. The van der Waals surface area contributed by atoms with Crippen LogP contribution in [0.25, 0.3) is 0 Å². The van der Waals surface area contributed by atoms with Crippen LogP contribution in [0.15, 0.2) is 29.2 Å². The Labute approximate surface area is 154 Å². The van der Waals surface area contributed by atoms with Gasteiger partial charge in [-0.05, 0) is 50.6 Å². The second-order valence-corrected chi connectivity index (χ2v) is 8.66. The molecule has 1 aromatic carbocycles. The van der Waals surface area contributed by atoms with E-state index in [1.54, 1.807) is 0 Å². The second-order valence-electron chi connectivity index (χ2n) is 6.61. The van der Waals surface area contributed by atoms with Crippen molar-refractivity contribution in [2.75, 3.05) is 25.5 Å². The monoisotopic (exact) mass is 382 g/mol. The summed E-state index contributed by atoms with van der Waals surface area (Å²) in [4.78, 5) is 23.3. The molecule has 1 fully saturated rings. The molecule has 2 atom stereocenters. The summed E-state index contributed by atoms with van der Waals surface area (Å²) in [6, 6.07) is 6.23. The third kappa shape index (κ3) is 5.52. The molecular formula is C17H26N4O4S. The van der Waals surface area contributed by atoms with Crippen LogP contribution in [-0.2, 0) is 19.6 Å². The van der Waals surface area contributed by atoms with E-state index in [9.17, 15) is 18.0 Å². The van der Waals surface area contributed by atoms with Crippen LogP contribution in [0.5, 0.6) is 0 Å². The zero-order valence-electron chi connectivity index (χ0n) is 15.3. The van der Waals surface area contributed by atoms with E-state index < -0.39 is 10.0 Å². The summed E-state index contributed by atoms with van der Waals surface area (Å²) in [7, 11) is -2.41. The van der Waals surface area contributed by atoms with Gasteiger partial charge in [-0.25, -0.2) is 8.42 Å². The maximum Gasteiger partial charge on any atom is 0.243 e. The largest absolute Gasteiger partial charge is 0.352 e. The Balaban J connectivity index is 1.97. The van der Waals surface area contributed by atoms with Gasteiger partial charge in [-0.1, -0.05) is 0 Å². The molecular weight excluding hydrogens is 356 g/mol. The van der Waals surface area contributed by atoms with Gasteiger partial charge in [0.05, 0.1) is 11.4 Å². The average molecular weight is 382 g/mol. The number of nitrogens with zero attached hydrogens (tertiary/aromatic N) is 1. The first-order valence-corrected chi connectivity index (χ1v) is 9.99. The quantitative estimate of drug-likeness (QED) is 0.665. The summed E-state index contributed by atoms with van der Waals surface area (Å²) < 4.78 is 26.2. The summed E-state index contributed by atoms with van der Waals surface area (Å²) in [6.45, 7) is 4.02. The highest BCUT2D eigenvalue weighted by molar-refractivity contribution is 7.89. The van der Waals surface area contributed by atoms with Gasteiger partial charge in [-0.15, -0.1) is 0 Å². The highest BCUT2D eigenvalue weighted by Crippen LogP contribution is 2.17. The minimum atomic E-state index is -3.78. The highest BCUT2D eigenvalue weighted by atomic mass is 32.2. The summed E-state index contributed by atoms with van der Waals surface area (Å²) in [5.74, 6) is -0.549. The Kier molecular flexibility index (Phi) is 6.74. The Bertz CT molecular complexity index is 749. The fourth-order valence-electron chi connectivity index (χ4n) is 2.92. The van der Waals surface area contributed by atoms with Crippen LogP contribution < -0.4 is 16.0 Å². The van der Waals surface area contributed by atoms with E-state index in [0.717, 1.165) is 23.7 Å². The fourth-order valence-corrected chi connectivity index (χ4v) is 4.04. The standard InChI is InChI=1S/C17H26N4O4S/c1-12-10-15(8-9-18-12)20-17(23)11-21(3)26(24,25)16-6-4-14(5-7-16)19-13(2)22/h4-7,12,15,18H,8-11H2,1-3H3,(H,19,22)(H,20,23). The lowest BCUT2D eigenvalue weighted by Crippen LogP contribution is -2.49. The van der Waals surface area contributed by atoms with Crippen molar-refractivity contribution in [1.82, 2.24) is 14.9 Å². The van der Waals surface area contributed by atoms with Crippen LogP contribution in [0.4, 0.5) is 5.69 Å². The minimum Gasteiger partial charge on any atom is -0.352 e. The molecule has 1 saturated heterocycles. The molecule has 2 unspecified atom stereocenters. The number of sulfonamides is 1. The number of amides is 2. The Morgan fingerprint density at radius 2 is 1.92 bits per heavy atom. The SMILES string of the molecule is CC(=O)Nc1ccc(S(=O)(=O)N(C)CC(=O)NC2CCNC(C)C2)cc1. The number of piperidine rings is 1. The minimum absolute atomic E-state index is 0.0618. The summed E-state index contributed by atoms with van der Waals surface area (Å²) >= 11 is 0. The lowest BCUT2D eigenvalue weighted by Gasteiger charge is -2.29. The van der Waals surface area contributed by atoms with E-state index in [4.69, 9.17) is 0 Å². The second kappa shape index (κ2) is 8.61. The number of hydrogen-bond acceptors (Lipinski definition) is 5. The molecule has 0 spiro atoms. The molecule has 2 amide bonds. The third-order valence-electron chi connectivity index (χ3n) is 4.24. The molecule has 1 aliphatic rings. The van der Waals surface area contributed by atoms with Crippen molar-refractivity contribution in [3.8, 4) is 0 Å². The van der Waals surface area contributed by atoms with Gasteiger partial charge in [-0.3, -0.25) is 9.59 Å². The number of likely N-dealkylation sites (N-methyl/N-ethyl adjacent to an activating group) is 1. The molecule has 0 radical (unpaired) electrons. The first-order chi connectivity index (χ1) is 12.2. The van der Waals surface area contributed by atoms with Crippen molar-refractivity contribution in [2.24, 2.45) is 0 Å². The molecule has 2 rings (SSSR count). The van der Waals surface area contributed by atoms with Crippen LogP contribution in [0.1, 0.15) is 26.7 Å². The highest BCUT2D eigenvalue weighted by Gasteiger charge is 2.25. The molecule has 1 aromatic rings. The van der Waals surface area contributed by atoms with E-state index in [1.807, 2.05) is 0 Å². The number of benzene rings is 1. The maximum absolute atomic E-state index is 12.6. The van der Waals surface area contributed by atoms with Gasteiger partial charge >= 0.3 is 0 Å². The predicted molar refractivity (Wildman–Crippen MR) is 99.2 cm³/mol. The van der Waals surface area contributed by atoms with Crippen molar-refractivity contribution >= 4 is 27.5 Å². The number of anilines is 1. The van der Waals surface area contributed by atoms with Crippen LogP contribution >= 0.6 is 0 Å². The van der Waals surface area contributed by atoms with Gasteiger partial charge in [-0.2, -0.15) is 4.31 Å². The number of rotatable bonds is 6. The normalized spacial score (nSPS) is 20.6. The molecule has 8 nitrogen and oxygen atoms in total.